The minimum Gasteiger partial charge on any atom is -0.388 e. The lowest BCUT2D eigenvalue weighted by Gasteiger charge is -2.57. The third-order valence-corrected chi connectivity index (χ3v) is 3.26. The highest BCUT2D eigenvalue weighted by Crippen LogP contribution is 2.53. The fourth-order valence-corrected chi connectivity index (χ4v) is 3.38. The molecule has 0 bridgehead atoms. The Balaban J connectivity index is 0. The Hall–Kier alpha value is -0.110. The molecule has 0 radical (unpaired) electrons. The van der Waals surface area contributed by atoms with Crippen molar-refractivity contribution in [1.29, 1.82) is 0 Å². The number of hydrogen-bond acceptors (Lipinski definition) is 1. The zero-order chi connectivity index (χ0) is 12.0. The number of rotatable bonds is 0. The van der Waals surface area contributed by atoms with Crippen LogP contribution in [-0.4, -0.2) is 10.7 Å². The second-order valence-electron chi connectivity index (χ2n) is 7.46. The predicted octanol–water partition coefficient (Wildman–Crippen LogP) is 4.01. The summed E-state index contributed by atoms with van der Waals surface area (Å²) < 4.78 is 0. The van der Waals surface area contributed by atoms with Crippen LogP contribution in [0.2, 0.25) is 0 Å². The van der Waals surface area contributed by atoms with Crippen LogP contribution >= 0.6 is 0 Å². The Morgan fingerprint density at radius 1 is 0.533 bits per heavy atom. The molecule has 2 heteroatoms. The van der Waals surface area contributed by atoms with Crippen molar-refractivity contribution in [2.75, 3.05) is 0 Å². The van der Waals surface area contributed by atoms with Gasteiger partial charge in [-0.25, -0.2) is 0 Å². The van der Waals surface area contributed by atoms with Gasteiger partial charge in [-0.3, -0.25) is 4.70 Å². The molecule has 0 aromatic heterocycles. The van der Waals surface area contributed by atoms with Crippen molar-refractivity contribution in [3.63, 3.8) is 0 Å². The molecule has 94 valence electrons. The summed E-state index contributed by atoms with van der Waals surface area (Å²) in [6.45, 7) is 19.0. The minimum absolute atomic E-state index is 0. The standard InChI is InChI=1S/C13H28O.FH/c1-10(2,3)13(14,11(4,5)6)12(7,8)9;/h14H,1-9H3;1H. The molecule has 0 aliphatic heterocycles. The highest BCUT2D eigenvalue weighted by molar-refractivity contribution is 5.06. The molecule has 0 rings (SSSR count). The van der Waals surface area contributed by atoms with E-state index in [4.69, 9.17) is 0 Å². The molecule has 0 amide bonds. The van der Waals surface area contributed by atoms with E-state index in [0.29, 0.717) is 0 Å². The van der Waals surface area contributed by atoms with Crippen LogP contribution in [0.15, 0.2) is 0 Å². The van der Waals surface area contributed by atoms with Gasteiger partial charge >= 0.3 is 0 Å². The van der Waals surface area contributed by atoms with E-state index >= 15 is 0 Å². The topological polar surface area (TPSA) is 20.2 Å². The summed E-state index contributed by atoms with van der Waals surface area (Å²) in [5.41, 5.74) is -1.05. The van der Waals surface area contributed by atoms with E-state index in [1.807, 2.05) is 0 Å². The summed E-state index contributed by atoms with van der Waals surface area (Å²) in [6.07, 6.45) is 0. The molecule has 0 aromatic carbocycles. The van der Waals surface area contributed by atoms with Crippen molar-refractivity contribution in [2.24, 2.45) is 16.2 Å². The van der Waals surface area contributed by atoms with Gasteiger partial charge in [0.15, 0.2) is 0 Å². The first kappa shape index (κ1) is 17.3. The van der Waals surface area contributed by atoms with E-state index in [9.17, 15) is 5.11 Å². The minimum atomic E-state index is -0.687. The van der Waals surface area contributed by atoms with E-state index in [0.717, 1.165) is 0 Å². The van der Waals surface area contributed by atoms with Crippen LogP contribution < -0.4 is 0 Å². The number of aliphatic hydroxyl groups is 1. The molecular weight excluding hydrogens is 191 g/mol. The number of hydrogen-bond donors (Lipinski definition) is 1. The molecule has 0 aliphatic carbocycles. The van der Waals surface area contributed by atoms with Crippen molar-refractivity contribution in [1.82, 2.24) is 0 Å². The zero-order valence-electron chi connectivity index (χ0n) is 11.9. The largest absolute Gasteiger partial charge is 0.388 e. The van der Waals surface area contributed by atoms with Crippen LogP contribution in [0.5, 0.6) is 0 Å². The Morgan fingerprint density at radius 2 is 0.667 bits per heavy atom. The molecule has 0 spiro atoms. The van der Waals surface area contributed by atoms with Gasteiger partial charge in [-0.1, -0.05) is 62.3 Å². The van der Waals surface area contributed by atoms with Crippen molar-refractivity contribution in [3.8, 4) is 0 Å². The second-order valence-corrected chi connectivity index (χ2v) is 7.46. The van der Waals surface area contributed by atoms with E-state index in [1.54, 1.807) is 0 Å². The molecule has 15 heavy (non-hydrogen) atoms. The predicted molar refractivity (Wildman–Crippen MR) is 65.8 cm³/mol. The average Bonchev–Trinajstić information content (AvgIpc) is 1.77. The first-order chi connectivity index (χ1) is 5.75. The van der Waals surface area contributed by atoms with Crippen molar-refractivity contribution >= 4 is 0 Å². The molecule has 0 atom stereocenters. The molecule has 0 unspecified atom stereocenters. The third-order valence-electron chi connectivity index (χ3n) is 3.26. The summed E-state index contributed by atoms with van der Waals surface area (Å²) in [6, 6.07) is 0. The van der Waals surface area contributed by atoms with E-state index in [2.05, 4.69) is 62.3 Å². The second kappa shape index (κ2) is 4.04. The van der Waals surface area contributed by atoms with Crippen LogP contribution in [0.25, 0.3) is 0 Å². The third kappa shape index (κ3) is 2.72. The van der Waals surface area contributed by atoms with Gasteiger partial charge in [0.05, 0.1) is 5.60 Å². The van der Waals surface area contributed by atoms with E-state index in [-0.39, 0.29) is 20.9 Å². The summed E-state index contributed by atoms with van der Waals surface area (Å²) >= 11 is 0. The van der Waals surface area contributed by atoms with Crippen LogP contribution in [0, 0.1) is 16.2 Å². The Bertz CT molecular complexity index is 164. The average molecular weight is 220 g/mol. The molecule has 0 heterocycles. The summed E-state index contributed by atoms with van der Waals surface area (Å²) in [5.74, 6) is 0. The molecule has 1 N–H and O–H groups in total. The normalized spacial score (nSPS) is 14.8. The van der Waals surface area contributed by atoms with E-state index in [1.165, 1.54) is 0 Å². The highest BCUT2D eigenvalue weighted by atomic mass is 19.0. The first-order valence-corrected chi connectivity index (χ1v) is 5.47. The van der Waals surface area contributed by atoms with Gasteiger partial charge in [0.25, 0.3) is 0 Å². The smallest absolute Gasteiger partial charge is 0.0791 e. The maximum atomic E-state index is 11.0. The first-order valence-electron chi connectivity index (χ1n) is 5.47. The molecule has 0 aliphatic rings. The van der Waals surface area contributed by atoms with Crippen LogP contribution in [0.4, 0.5) is 4.70 Å². The lowest BCUT2D eigenvalue weighted by Crippen LogP contribution is -2.61. The van der Waals surface area contributed by atoms with Crippen LogP contribution in [0.3, 0.4) is 0 Å². The van der Waals surface area contributed by atoms with Crippen molar-refractivity contribution in [2.45, 2.75) is 67.9 Å². The van der Waals surface area contributed by atoms with E-state index < -0.39 is 5.60 Å². The molecular formula is C13H29FO. The SMILES string of the molecule is CC(C)(C)C(O)(C(C)(C)C)C(C)(C)C.F. The number of halogens is 1. The summed E-state index contributed by atoms with van der Waals surface area (Å²) in [4.78, 5) is 0. The van der Waals surface area contributed by atoms with Crippen LogP contribution in [0.1, 0.15) is 62.3 Å². The lowest BCUT2D eigenvalue weighted by atomic mass is 9.52. The maximum absolute atomic E-state index is 11.0. The Morgan fingerprint density at radius 3 is 0.667 bits per heavy atom. The van der Waals surface area contributed by atoms with Gasteiger partial charge in [-0.15, -0.1) is 0 Å². The fourth-order valence-electron chi connectivity index (χ4n) is 3.38. The summed E-state index contributed by atoms with van der Waals surface area (Å²) in [7, 11) is 0. The molecule has 0 saturated heterocycles. The van der Waals surface area contributed by atoms with Gasteiger partial charge in [-0.05, 0) is 16.2 Å². The van der Waals surface area contributed by atoms with Crippen LogP contribution in [-0.2, 0) is 0 Å². The Labute approximate surface area is 94.6 Å². The van der Waals surface area contributed by atoms with Gasteiger partial charge in [0.1, 0.15) is 0 Å². The highest BCUT2D eigenvalue weighted by Gasteiger charge is 2.56. The molecule has 0 fully saturated rings. The van der Waals surface area contributed by atoms with Gasteiger partial charge in [0, 0.05) is 0 Å². The van der Waals surface area contributed by atoms with Gasteiger partial charge in [-0.2, -0.15) is 0 Å². The van der Waals surface area contributed by atoms with Gasteiger partial charge in [0.2, 0.25) is 0 Å². The molecule has 0 aromatic rings. The molecule has 0 saturated carbocycles. The molecule has 1 nitrogen and oxygen atoms in total. The van der Waals surface area contributed by atoms with Gasteiger partial charge < -0.3 is 5.11 Å². The maximum Gasteiger partial charge on any atom is 0.0791 e. The summed E-state index contributed by atoms with van der Waals surface area (Å²) in [5, 5.41) is 11.0. The lowest BCUT2D eigenvalue weighted by molar-refractivity contribution is -0.203. The van der Waals surface area contributed by atoms with Crippen molar-refractivity contribution in [3.05, 3.63) is 0 Å². The zero-order valence-corrected chi connectivity index (χ0v) is 11.9. The Kier molecular flexibility index (Phi) is 4.66. The monoisotopic (exact) mass is 220 g/mol. The quantitative estimate of drug-likeness (QED) is 0.654. The fraction of sp³-hybridized carbons (Fsp3) is 1.00. The van der Waals surface area contributed by atoms with Crippen molar-refractivity contribution < 1.29 is 9.81 Å².